The molecule has 4 heteroatoms. The molecule has 4 aromatic rings. The summed E-state index contributed by atoms with van der Waals surface area (Å²) in [5.41, 5.74) is 4.03. The summed E-state index contributed by atoms with van der Waals surface area (Å²) in [5, 5.41) is 4.16. The van der Waals surface area contributed by atoms with Crippen LogP contribution >= 0.6 is 27.3 Å². The molecule has 102 valence electrons. The zero-order valence-corrected chi connectivity index (χ0v) is 13.3. The van der Waals surface area contributed by atoms with Crippen molar-refractivity contribution in [1.29, 1.82) is 0 Å². The van der Waals surface area contributed by atoms with Crippen molar-refractivity contribution in [2.24, 2.45) is 0 Å². The number of halogens is 1. The fraction of sp³-hybridized carbons (Fsp3) is 0. The van der Waals surface area contributed by atoms with E-state index < -0.39 is 0 Å². The molecule has 2 aromatic carbocycles. The van der Waals surface area contributed by atoms with Gasteiger partial charge in [0.05, 0.1) is 11.3 Å². The highest BCUT2D eigenvalue weighted by Crippen LogP contribution is 2.36. The van der Waals surface area contributed by atoms with E-state index in [0.29, 0.717) is 0 Å². The second-order valence-electron chi connectivity index (χ2n) is 4.66. The van der Waals surface area contributed by atoms with E-state index >= 15 is 0 Å². The molecule has 4 rings (SSSR count). The van der Waals surface area contributed by atoms with Gasteiger partial charge in [0.25, 0.3) is 0 Å². The van der Waals surface area contributed by atoms with Gasteiger partial charge in [0.2, 0.25) is 0 Å². The molecule has 0 bridgehead atoms. The van der Waals surface area contributed by atoms with Crippen LogP contribution in [0.4, 0.5) is 0 Å². The van der Waals surface area contributed by atoms with Crippen molar-refractivity contribution in [2.75, 3.05) is 0 Å². The quantitative estimate of drug-likeness (QED) is 0.441. The van der Waals surface area contributed by atoms with Gasteiger partial charge in [-0.1, -0.05) is 52.3 Å². The van der Waals surface area contributed by atoms with E-state index in [0.717, 1.165) is 37.3 Å². The lowest BCUT2D eigenvalue weighted by Crippen LogP contribution is -1.80. The molecule has 2 aromatic heterocycles. The van der Waals surface area contributed by atoms with Gasteiger partial charge in [0, 0.05) is 20.8 Å². The predicted octanol–water partition coefficient (Wildman–Crippen LogP) is 5.99. The standard InChI is InChI=1S/C17H10BrNOS/c18-14-7-3-1-6-12(14)15-10-21-17(19-15)13-9-20-16-8-4-2-5-11(13)16/h1-10H. The van der Waals surface area contributed by atoms with Gasteiger partial charge in [-0.2, -0.15) is 0 Å². The molecule has 0 amide bonds. The van der Waals surface area contributed by atoms with Crippen LogP contribution in [0, 0.1) is 0 Å². The lowest BCUT2D eigenvalue weighted by Gasteiger charge is -1.99. The summed E-state index contributed by atoms with van der Waals surface area (Å²) in [5.74, 6) is 0. The van der Waals surface area contributed by atoms with Crippen LogP contribution in [0.3, 0.4) is 0 Å². The molecule has 0 spiro atoms. The van der Waals surface area contributed by atoms with Crippen molar-refractivity contribution >= 4 is 38.2 Å². The summed E-state index contributed by atoms with van der Waals surface area (Å²) in [6.07, 6.45) is 1.79. The average Bonchev–Trinajstić information content (AvgIpc) is 3.14. The van der Waals surface area contributed by atoms with E-state index in [4.69, 9.17) is 9.40 Å². The first kappa shape index (κ1) is 12.8. The van der Waals surface area contributed by atoms with Gasteiger partial charge in [-0.05, 0) is 12.1 Å². The Bertz CT molecular complexity index is 925. The number of para-hydroxylation sites is 1. The van der Waals surface area contributed by atoms with E-state index in [2.05, 4.69) is 33.4 Å². The van der Waals surface area contributed by atoms with E-state index in [1.165, 1.54) is 0 Å². The number of hydrogen-bond donors (Lipinski definition) is 0. The third kappa shape index (κ3) is 2.20. The number of aromatic nitrogens is 1. The highest BCUT2D eigenvalue weighted by atomic mass is 79.9. The second-order valence-corrected chi connectivity index (χ2v) is 6.38. The first-order valence-electron chi connectivity index (χ1n) is 6.50. The van der Waals surface area contributed by atoms with Crippen LogP contribution in [0.25, 0.3) is 32.8 Å². The van der Waals surface area contributed by atoms with Gasteiger partial charge in [-0.25, -0.2) is 4.98 Å². The summed E-state index contributed by atoms with van der Waals surface area (Å²) in [6, 6.07) is 16.2. The van der Waals surface area contributed by atoms with Gasteiger partial charge in [0.1, 0.15) is 16.9 Å². The SMILES string of the molecule is Brc1ccccc1-c1csc(-c2coc3ccccc23)n1. The van der Waals surface area contributed by atoms with Gasteiger partial charge >= 0.3 is 0 Å². The van der Waals surface area contributed by atoms with Gasteiger partial charge in [-0.15, -0.1) is 11.3 Å². The summed E-state index contributed by atoms with van der Waals surface area (Å²) in [7, 11) is 0. The molecule has 0 aliphatic carbocycles. The molecule has 0 saturated carbocycles. The summed E-state index contributed by atoms with van der Waals surface area (Å²) in [6.45, 7) is 0. The lowest BCUT2D eigenvalue weighted by molar-refractivity contribution is 0.617. The molecule has 0 radical (unpaired) electrons. The van der Waals surface area contributed by atoms with E-state index in [1.54, 1.807) is 17.6 Å². The van der Waals surface area contributed by atoms with Crippen LogP contribution in [-0.4, -0.2) is 4.98 Å². The lowest BCUT2D eigenvalue weighted by atomic mass is 10.1. The fourth-order valence-electron chi connectivity index (χ4n) is 2.33. The number of benzene rings is 2. The van der Waals surface area contributed by atoms with Crippen LogP contribution in [0.2, 0.25) is 0 Å². The number of rotatable bonds is 2. The van der Waals surface area contributed by atoms with Crippen LogP contribution in [0.15, 0.2) is 69.1 Å². The molecule has 0 N–H and O–H groups in total. The number of fused-ring (bicyclic) bond motifs is 1. The summed E-state index contributed by atoms with van der Waals surface area (Å²) in [4.78, 5) is 4.76. The molecular weight excluding hydrogens is 346 g/mol. The summed E-state index contributed by atoms with van der Waals surface area (Å²) < 4.78 is 6.65. The highest BCUT2D eigenvalue weighted by molar-refractivity contribution is 9.10. The fourth-order valence-corrected chi connectivity index (χ4v) is 3.66. The van der Waals surface area contributed by atoms with Crippen LogP contribution in [-0.2, 0) is 0 Å². The van der Waals surface area contributed by atoms with E-state index in [-0.39, 0.29) is 0 Å². The number of thiazole rings is 1. The third-order valence-electron chi connectivity index (χ3n) is 3.37. The Morgan fingerprint density at radius 1 is 0.952 bits per heavy atom. The molecule has 2 nitrogen and oxygen atoms in total. The molecule has 21 heavy (non-hydrogen) atoms. The smallest absolute Gasteiger partial charge is 0.134 e. The van der Waals surface area contributed by atoms with Gasteiger partial charge in [-0.3, -0.25) is 0 Å². The first-order valence-corrected chi connectivity index (χ1v) is 8.17. The maximum Gasteiger partial charge on any atom is 0.134 e. The Morgan fingerprint density at radius 3 is 2.67 bits per heavy atom. The summed E-state index contributed by atoms with van der Waals surface area (Å²) >= 11 is 5.21. The topological polar surface area (TPSA) is 26.0 Å². The Hall–Kier alpha value is -1.91. The first-order chi connectivity index (χ1) is 10.3. The van der Waals surface area contributed by atoms with Crippen LogP contribution in [0.1, 0.15) is 0 Å². The third-order valence-corrected chi connectivity index (χ3v) is 4.93. The van der Waals surface area contributed by atoms with Gasteiger partial charge in [0.15, 0.2) is 0 Å². The van der Waals surface area contributed by atoms with Crippen molar-refractivity contribution < 1.29 is 4.42 Å². The monoisotopic (exact) mass is 355 g/mol. The molecule has 0 atom stereocenters. The number of hydrogen-bond acceptors (Lipinski definition) is 3. The number of furan rings is 1. The van der Waals surface area contributed by atoms with Gasteiger partial charge < -0.3 is 4.42 Å². The van der Waals surface area contributed by atoms with E-state index in [9.17, 15) is 0 Å². The zero-order valence-electron chi connectivity index (χ0n) is 10.9. The Kier molecular flexibility index (Phi) is 3.13. The molecule has 0 aliphatic heterocycles. The number of nitrogens with zero attached hydrogens (tertiary/aromatic N) is 1. The normalized spacial score (nSPS) is 11.1. The minimum Gasteiger partial charge on any atom is -0.464 e. The van der Waals surface area contributed by atoms with Crippen molar-refractivity contribution in [3.8, 4) is 21.8 Å². The predicted molar refractivity (Wildman–Crippen MR) is 90.5 cm³/mol. The Balaban J connectivity index is 1.83. The van der Waals surface area contributed by atoms with Crippen molar-refractivity contribution in [2.45, 2.75) is 0 Å². The molecule has 0 fully saturated rings. The van der Waals surface area contributed by atoms with Crippen molar-refractivity contribution in [3.05, 3.63) is 64.6 Å². The maximum atomic E-state index is 5.60. The van der Waals surface area contributed by atoms with Crippen molar-refractivity contribution in [1.82, 2.24) is 4.98 Å². The highest BCUT2D eigenvalue weighted by Gasteiger charge is 2.13. The minimum atomic E-state index is 0.894. The average molecular weight is 356 g/mol. The van der Waals surface area contributed by atoms with Crippen LogP contribution < -0.4 is 0 Å². The molecule has 0 aliphatic rings. The van der Waals surface area contributed by atoms with Crippen molar-refractivity contribution in [3.63, 3.8) is 0 Å². The zero-order chi connectivity index (χ0) is 14.2. The maximum absolute atomic E-state index is 5.60. The Labute approximate surface area is 134 Å². The molecular formula is C17H10BrNOS. The molecule has 0 saturated heterocycles. The molecule has 0 unspecified atom stereocenters. The molecule has 2 heterocycles. The van der Waals surface area contributed by atoms with E-state index in [1.807, 2.05) is 36.4 Å². The van der Waals surface area contributed by atoms with Crippen LogP contribution in [0.5, 0.6) is 0 Å². The Morgan fingerprint density at radius 2 is 1.76 bits per heavy atom. The second kappa shape index (κ2) is 5.13. The minimum absolute atomic E-state index is 0.894. The largest absolute Gasteiger partial charge is 0.464 e.